The van der Waals surface area contributed by atoms with Crippen LogP contribution in [0.15, 0.2) is 12.7 Å². The van der Waals surface area contributed by atoms with Crippen molar-refractivity contribution in [1.29, 1.82) is 0 Å². The summed E-state index contributed by atoms with van der Waals surface area (Å²) in [6, 6.07) is 0. The summed E-state index contributed by atoms with van der Waals surface area (Å²) in [4.78, 5) is 0. The Morgan fingerprint density at radius 1 is 1.55 bits per heavy atom. The van der Waals surface area contributed by atoms with Crippen molar-refractivity contribution in [3.05, 3.63) is 12.7 Å². The molecule has 0 bridgehead atoms. The lowest BCUT2D eigenvalue weighted by molar-refractivity contribution is 0.0411. The van der Waals surface area contributed by atoms with E-state index in [4.69, 9.17) is 9.84 Å². The number of aliphatic hydroxyl groups excluding tert-OH is 1. The zero-order valence-corrected chi connectivity index (χ0v) is 7.25. The zero-order chi connectivity index (χ0) is 8.53. The van der Waals surface area contributed by atoms with Crippen LogP contribution < -0.4 is 0 Å². The van der Waals surface area contributed by atoms with Gasteiger partial charge in [-0.2, -0.15) is 0 Å². The van der Waals surface area contributed by atoms with Gasteiger partial charge in [0.15, 0.2) is 0 Å². The molecule has 0 radical (unpaired) electrons. The molecule has 0 saturated carbocycles. The highest BCUT2D eigenvalue weighted by atomic mass is 16.5. The van der Waals surface area contributed by atoms with Crippen LogP contribution in [0.4, 0.5) is 0 Å². The van der Waals surface area contributed by atoms with Gasteiger partial charge in [0.25, 0.3) is 0 Å². The topological polar surface area (TPSA) is 29.5 Å². The van der Waals surface area contributed by atoms with E-state index in [1.807, 2.05) is 0 Å². The van der Waals surface area contributed by atoms with Gasteiger partial charge in [0.1, 0.15) is 0 Å². The van der Waals surface area contributed by atoms with Crippen LogP contribution in [0.5, 0.6) is 0 Å². The monoisotopic (exact) mass is 158 g/mol. The molecule has 1 atom stereocenters. The minimum atomic E-state index is -0.174. The fourth-order valence-corrected chi connectivity index (χ4v) is 0.782. The molecule has 0 spiro atoms. The number of unbranched alkanes of at least 4 members (excludes halogenated alkanes) is 2. The molecule has 0 aromatic carbocycles. The molecule has 0 fully saturated rings. The SMILES string of the molecule is C=CC(CO)OCCCCC. The fraction of sp³-hybridized carbons (Fsp3) is 0.778. The van der Waals surface area contributed by atoms with Crippen LogP contribution in [0.25, 0.3) is 0 Å². The minimum absolute atomic E-state index is 0.0373. The van der Waals surface area contributed by atoms with Gasteiger partial charge >= 0.3 is 0 Å². The van der Waals surface area contributed by atoms with Crippen LogP contribution in [-0.2, 0) is 4.74 Å². The van der Waals surface area contributed by atoms with Crippen molar-refractivity contribution in [3.63, 3.8) is 0 Å². The van der Waals surface area contributed by atoms with E-state index in [0.29, 0.717) is 0 Å². The van der Waals surface area contributed by atoms with Crippen LogP contribution in [0.2, 0.25) is 0 Å². The van der Waals surface area contributed by atoms with Crippen LogP contribution in [0.1, 0.15) is 26.2 Å². The van der Waals surface area contributed by atoms with Crippen molar-refractivity contribution >= 4 is 0 Å². The molecule has 0 saturated heterocycles. The maximum Gasteiger partial charge on any atom is 0.0983 e. The molecule has 2 nitrogen and oxygen atoms in total. The normalized spacial score (nSPS) is 12.9. The average Bonchev–Trinajstić information content (AvgIpc) is 2.05. The van der Waals surface area contributed by atoms with E-state index >= 15 is 0 Å². The highest BCUT2D eigenvalue weighted by Crippen LogP contribution is 1.98. The summed E-state index contributed by atoms with van der Waals surface area (Å²) >= 11 is 0. The first kappa shape index (κ1) is 10.7. The summed E-state index contributed by atoms with van der Waals surface area (Å²) in [7, 11) is 0. The van der Waals surface area contributed by atoms with Crippen molar-refractivity contribution in [2.75, 3.05) is 13.2 Å². The zero-order valence-electron chi connectivity index (χ0n) is 7.25. The Morgan fingerprint density at radius 2 is 2.27 bits per heavy atom. The van der Waals surface area contributed by atoms with E-state index < -0.39 is 0 Å². The molecule has 0 aromatic heterocycles. The first-order valence-electron chi connectivity index (χ1n) is 4.20. The molecular weight excluding hydrogens is 140 g/mol. The van der Waals surface area contributed by atoms with Gasteiger partial charge in [0.05, 0.1) is 12.7 Å². The molecule has 0 heterocycles. The Morgan fingerprint density at radius 3 is 2.73 bits per heavy atom. The molecule has 0 aliphatic rings. The third-order valence-corrected chi connectivity index (χ3v) is 1.52. The van der Waals surface area contributed by atoms with Crippen molar-refractivity contribution < 1.29 is 9.84 Å². The second-order valence-electron chi connectivity index (χ2n) is 2.53. The van der Waals surface area contributed by atoms with Gasteiger partial charge in [-0.1, -0.05) is 25.8 Å². The minimum Gasteiger partial charge on any atom is -0.393 e. The highest BCUT2D eigenvalue weighted by molar-refractivity contribution is 4.78. The summed E-state index contributed by atoms with van der Waals surface area (Å²) in [6.45, 7) is 6.46. The predicted octanol–water partition coefficient (Wildman–Crippen LogP) is 1.74. The van der Waals surface area contributed by atoms with Crippen molar-refractivity contribution in [2.45, 2.75) is 32.3 Å². The van der Waals surface area contributed by atoms with Crippen molar-refractivity contribution in [3.8, 4) is 0 Å². The Kier molecular flexibility index (Phi) is 7.52. The smallest absolute Gasteiger partial charge is 0.0983 e. The highest BCUT2D eigenvalue weighted by Gasteiger charge is 1.99. The van der Waals surface area contributed by atoms with Gasteiger partial charge in [0, 0.05) is 6.61 Å². The van der Waals surface area contributed by atoms with Gasteiger partial charge < -0.3 is 9.84 Å². The van der Waals surface area contributed by atoms with Crippen LogP contribution in [0.3, 0.4) is 0 Å². The van der Waals surface area contributed by atoms with Crippen LogP contribution in [0, 0.1) is 0 Å². The van der Waals surface area contributed by atoms with Gasteiger partial charge in [-0.05, 0) is 6.42 Å². The molecule has 0 rings (SSSR count). The van der Waals surface area contributed by atoms with Gasteiger partial charge in [0.2, 0.25) is 0 Å². The number of aliphatic hydroxyl groups is 1. The van der Waals surface area contributed by atoms with E-state index in [0.717, 1.165) is 13.0 Å². The summed E-state index contributed by atoms with van der Waals surface area (Å²) < 4.78 is 5.27. The number of ether oxygens (including phenoxy) is 1. The van der Waals surface area contributed by atoms with Crippen molar-refractivity contribution in [2.24, 2.45) is 0 Å². The summed E-state index contributed by atoms with van der Waals surface area (Å²) in [5.41, 5.74) is 0. The Labute approximate surface area is 68.9 Å². The number of hydrogen-bond donors (Lipinski definition) is 1. The first-order valence-corrected chi connectivity index (χ1v) is 4.20. The summed E-state index contributed by atoms with van der Waals surface area (Å²) in [5.74, 6) is 0. The van der Waals surface area contributed by atoms with Crippen LogP contribution >= 0.6 is 0 Å². The molecular formula is C9H18O2. The molecule has 0 amide bonds. The van der Waals surface area contributed by atoms with Gasteiger partial charge in [-0.15, -0.1) is 6.58 Å². The Balaban J connectivity index is 3.14. The summed E-state index contributed by atoms with van der Waals surface area (Å²) in [5, 5.41) is 8.69. The second kappa shape index (κ2) is 7.76. The average molecular weight is 158 g/mol. The molecule has 1 N–H and O–H groups in total. The summed E-state index contributed by atoms with van der Waals surface area (Å²) in [6.07, 6.45) is 4.91. The second-order valence-corrected chi connectivity index (χ2v) is 2.53. The lowest BCUT2D eigenvalue weighted by Gasteiger charge is -2.09. The van der Waals surface area contributed by atoms with Gasteiger partial charge in [-0.3, -0.25) is 0 Å². The lowest BCUT2D eigenvalue weighted by atomic mass is 10.3. The molecule has 1 unspecified atom stereocenters. The number of hydrogen-bond acceptors (Lipinski definition) is 2. The maximum absolute atomic E-state index is 8.69. The molecule has 2 heteroatoms. The first-order chi connectivity index (χ1) is 5.35. The Bertz CT molecular complexity index is 91.6. The molecule has 0 aliphatic carbocycles. The van der Waals surface area contributed by atoms with E-state index in [1.165, 1.54) is 12.8 Å². The van der Waals surface area contributed by atoms with Gasteiger partial charge in [-0.25, -0.2) is 0 Å². The van der Waals surface area contributed by atoms with Crippen molar-refractivity contribution in [1.82, 2.24) is 0 Å². The fourth-order valence-electron chi connectivity index (χ4n) is 0.782. The molecule has 66 valence electrons. The van der Waals surface area contributed by atoms with E-state index in [2.05, 4.69) is 13.5 Å². The maximum atomic E-state index is 8.69. The van der Waals surface area contributed by atoms with E-state index in [9.17, 15) is 0 Å². The lowest BCUT2D eigenvalue weighted by Crippen LogP contribution is -2.14. The third kappa shape index (κ3) is 6.07. The standard InChI is InChI=1S/C9H18O2/c1-3-5-6-7-11-9(4-2)8-10/h4,9-10H,2-3,5-8H2,1H3. The molecule has 11 heavy (non-hydrogen) atoms. The molecule has 0 aromatic rings. The largest absolute Gasteiger partial charge is 0.393 e. The third-order valence-electron chi connectivity index (χ3n) is 1.52. The van der Waals surface area contributed by atoms with E-state index in [1.54, 1.807) is 6.08 Å². The molecule has 0 aliphatic heterocycles. The quantitative estimate of drug-likeness (QED) is 0.451. The van der Waals surface area contributed by atoms with E-state index in [-0.39, 0.29) is 12.7 Å². The Hall–Kier alpha value is -0.340. The van der Waals surface area contributed by atoms with Crippen LogP contribution in [-0.4, -0.2) is 24.4 Å². The predicted molar refractivity (Wildman–Crippen MR) is 46.5 cm³/mol. The number of rotatable bonds is 7.